The molecule has 1 aromatic carbocycles. The second kappa shape index (κ2) is 9.74. The van der Waals surface area contributed by atoms with E-state index in [2.05, 4.69) is 36.7 Å². The number of ether oxygens (including phenoxy) is 2. The molecule has 6 nitrogen and oxygen atoms in total. The first-order chi connectivity index (χ1) is 15.3. The number of benzene rings is 1. The van der Waals surface area contributed by atoms with Crippen LogP contribution in [0.1, 0.15) is 65.1 Å². The number of hydrogen-bond donors (Lipinski definition) is 0. The van der Waals surface area contributed by atoms with E-state index in [9.17, 15) is 4.79 Å². The first kappa shape index (κ1) is 23.0. The minimum absolute atomic E-state index is 0.0238. The number of piperidine rings is 1. The van der Waals surface area contributed by atoms with Crippen LogP contribution in [-0.4, -0.2) is 47.1 Å². The highest BCUT2D eigenvalue weighted by Crippen LogP contribution is 2.38. The fraction of sp³-hybridized carbons (Fsp3) is 0.654. The quantitative estimate of drug-likeness (QED) is 0.611. The minimum atomic E-state index is -0.0909. The van der Waals surface area contributed by atoms with Gasteiger partial charge in [0.05, 0.1) is 31.2 Å². The molecule has 1 saturated heterocycles. The highest BCUT2D eigenvalue weighted by atomic mass is 16.5. The molecular formula is C26H37N3O3. The Morgan fingerprint density at radius 1 is 1.09 bits per heavy atom. The van der Waals surface area contributed by atoms with Gasteiger partial charge in [-0.1, -0.05) is 20.8 Å². The van der Waals surface area contributed by atoms with Gasteiger partial charge in [-0.25, -0.2) is 9.97 Å². The van der Waals surface area contributed by atoms with Gasteiger partial charge in [0.2, 0.25) is 0 Å². The summed E-state index contributed by atoms with van der Waals surface area (Å²) < 4.78 is 11.2. The van der Waals surface area contributed by atoms with Gasteiger partial charge in [0.15, 0.2) is 0 Å². The monoisotopic (exact) mass is 439 g/mol. The van der Waals surface area contributed by atoms with Crippen LogP contribution in [0.2, 0.25) is 0 Å². The molecule has 1 aromatic heterocycles. The summed E-state index contributed by atoms with van der Waals surface area (Å²) in [6.07, 6.45) is 8.61. The van der Waals surface area contributed by atoms with E-state index < -0.39 is 0 Å². The molecule has 1 aliphatic carbocycles. The standard InChI is InChI=1S/C26H37N3O3/c1-26(2,3)20-5-7-21(8-6-20)32-22-9-10-23-19(15-22)16-27-24(28-23)17-29-13-11-18(12-14-29)25(30)31-4/h9-10,15-16,18,20-21H,5-8,11-14,17H2,1-4H3/t20-,21-. The minimum Gasteiger partial charge on any atom is -0.490 e. The first-order valence-electron chi connectivity index (χ1n) is 12.0. The van der Waals surface area contributed by atoms with Crippen molar-refractivity contribution < 1.29 is 14.3 Å². The van der Waals surface area contributed by atoms with Crippen LogP contribution in [0.5, 0.6) is 5.75 Å². The normalized spacial score (nSPS) is 23.2. The number of nitrogens with zero attached hydrogens (tertiary/aromatic N) is 3. The molecule has 2 aromatic rings. The van der Waals surface area contributed by atoms with E-state index in [4.69, 9.17) is 14.5 Å². The van der Waals surface area contributed by atoms with Crippen molar-refractivity contribution in [3.05, 3.63) is 30.2 Å². The molecule has 2 heterocycles. The van der Waals surface area contributed by atoms with Crippen molar-refractivity contribution in [2.24, 2.45) is 17.3 Å². The number of rotatable bonds is 5. The van der Waals surface area contributed by atoms with Gasteiger partial charge in [0.1, 0.15) is 11.6 Å². The lowest BCUT2D eigenvalue weighted by Crippen LogP contribution is -2.36. The van der Waals surface area contributed by atoms with Crippen molar-refractivity contribution >= 4 is 16.9 Å². The Morgan fingerprint density at radius 3 is 2.47 bits per heavy atom. The molecule has 0 N–H and O–H groups in total. The summed E-state index contributed by atoms with van der Waals surface area (Å²) in [7, 11) is 1.46. The van der Waals surface area contributed by atoms with E-state index in [0.717, 1.165) is 67.2 Å². The average molecular weight is 440 g/mol. The Balaban J connectivity index is 1.32. The fourth-order valence-electron chi connectivity index (χ4n) is 5.13. The van der Waals surface area contributed by atoms with Gasteiger partial charge in [-0.3, -0.25) is 9.69 Å². The average Bonchev–Trinajstić information content (AvgIpc) is 2.79. The van der Waals surface area contributed by atoms with Crippen LogP contribution in [0.25, 0.3) is 10.9 Å². The molecule has 0 amide bonds. The van der Waals surface area contributed by atoms with Crippen molar-refractivity contribution in [2.45, 2.75) is 71.9 Å². The fourth-order valence-corrected chi connectivity index (χ4v) is 5.13. The predicted molar refractivity (Wildman–Crippen MR) is 125 cm³/mol. The van der Waals surface area contributed by atoms with Gasteiger partial charge in [0.25, 0.3) is 0 Å². The number of esters is 1. The van der Waals surface area contributed by atoms with Gasteiger partial charge in [-0.15, -0.1) is 0 Å². The summed E-state index contributed by atoms with van der Waals surface area (Å²) >= 11 is 0. The second-order valence-electron chi connectivity index (χ2n) is 10.5. The lowest BCUT2D eigenvalue weighted by molar-refractivity contribution is -0.147. The second-order valence-corrected chi connectivity index (χ2v) is 10.5. The molecule has 6 heteroatoms. The number of methoxy groups -OCH3 is 1. The molecule has 0 unspecified atom stereocenters. The van der Waals surface area contributed by atoms with Gasteiger partial charge in [0, 0.05) is 11.6 Å². The summed E-state index contributed by atoms with van der Waals surface area (Å²) in [5.74, 6) is 2.46. The SMILES string of the molecule is COC(=O)C1CCN(Cc2ncc3cc(O[C@H]4CC[C@H](C(C)(C)C)CC4)ccc3n2)CC1. The molecule has 32 heavy (non-hydrogen) atoms. The van der Waals surface area contributed by atoms with Crippen molar-refractivity contribution in [1.82, 2.24) is 14.9 Å². The summed E-state index contributed by atoms with van der Waals surface area (Å²) in [5.41, 5.74) is 1.34. The first-order valence-corrected chi connectivity index (χ1v) is 12.0. The highest BCUT2D eigenvalue weighted by Gasteiger charge is 2.30. The molecule has 4 rings (SSSR count). The third kappa shape index (κ3) is 5.58. The van der Waals surface area contributed by atoms with E-state index in [-0.39, 0.29) is 11.9 Å². The molecule has 0 bridgehead atoms. The molecule has 0 radical (unpaired) electrons. The van der Waals surface area contributed by atoms with Crippen LogP contribution in [-0.2, 0) is 16.1 Å². The van der Waals surface area contributed by atoms with Crippen LogP contribution in [0.15, 0.2) is 24.4 Å². The lowest BCUT2D eigenvalue weighted by Gasteiger charge is -2.36. The number of likely N-dealkylation sites (tertiary alicyclic amines) is 1. The third-order valence-electron chi connectivity index (χ3n) is 7.29. The lowest BCUT2D eigenvalue weighted by atomic mass is 9.72. The zero-order valence-corrected chi connectivity index (χ0v) is 20.0. The maximum absolute atomic E-state index is 11.7. The molecule has 2 aliphatic rings. The zero-order chi connectivity index (χ0) is 22.7. The van der Waals surface area contributed by atoms with Crippen LogP contribution in [0.3, 0.4) is 0 Å². The van der Waals surface area contributed by atoms with Gasteiger partial charge in [-0.05, 0) is 81.1 Å². The topological polar surface area (TPSA) is 64.5 Å². The zero-order valence-electron chi connectivity index (χ0n) is 20.0. The number of carbonyl (C=O) groups excluding carboxylic acids is 1. The predicted octanol–water partition coefficient (Wildman–Crippen LogP) is 5.00. The van der Waals surface area contributed by atoms with E-state index in [0.29, 0.717) is 18.1 Å². The largest absolute Gasteiger partial charge is 0.490 e. The number of aromatic nitrogens is 2. The van der Waals surface area contributed by atoms with Crippen LogP contribution < -0.4 is 4.74 Å². The molecule has 174 valence electrons. The Kier molecular flexibility index (Phi) is 6.99. The smallest absolute Gasteiger partial charge is 0.308 e. The van der Waals surface area contributed by atoms with Gasteiger partial charge in [-0.2, -0.15) is 0 Å². The summed E-state index contributed by atoms with van der Waals surface area (Å²) in [6, 6.07) is 6.15. The number of fused-ring (bicyclic) bond motifs is 1. The van der Waals surface area contributed by atoms with Crippen molar-refractivity contribution in [3.8, 4) is 5.75 Å². The summed E-state index contributed by atoms with van der Waals surface area (Å²) in [5, 5.41) is 1.01. The third-order valence-corrected chi connectivity index (χ3v) is 7.29. The number of hydrogen-bond acceptors (Lipinski definition) is 6. The van der Waals surface area contributed by atoms with Crippen LogP contribution >= 0.6 is 0 Å². The molecule has 2 fully saturated rings. The van der Waals surface area contributed by atoms with Crippen molar-refractivity contribution in [3.63, 3.8) is 0 Å². The summed E-state index contributed by atoms with van der Waals surface area (Å²) in [6.45, 7) is 9.48. The maximum Gasteiger partial charge on any atom is 0.308 e. The summed E-state index contributed by atoms with van der Waals surface area (Å²) in [4.78, 5) is 23.4. The number of carbonyl (C=O) groups is 1. The van der Waals surface area contributed by atoms with Crippen LogP contribution in [0, 0.1) is 17.3 Å². The Morgan fingerprint density at radius 2 is 1.81 bits per heavy atom. The van der Waals surface area contributed by atoms with E-state index >= 15 is 0 Å². The Hall–Kier alpha value is -2.21. The highest BCUT2D eigenvalue weighted by molar-refractivity contribution is 5.79. The molecular weight excluding hydrogens is 402 g/mol. The maximum atomic E-state index is 11.7. The van der Waals surface area contributed by atoms with E-state index in [1.54, 1.807) is 0 Å². The Bertz CT molecular complexity index is 924. The molecule has 0 spiro atoms. The Labute approximate surface area is 191 Å². The molecule has 1 saturated carbocycles. The van der Waals surface area contributed by atoms with Crippen LogP contribution in [0.4, 0.5) is 0 Å². The van der Waals surface area contributed by atoms with Gasteiger partial charge < -0.3 is 9.47 Å². The molecule has 0 atom stereocenters. The van der Waals surface area contributed by atoms with E-state index in [1.165, 1.54) is 20.0 Å². The van der Waals surface area contributed by atoms with E-state index in [1.807, 2.05) is 18.3 Å². The van der Waals surface area contributed by atoms with Gasteiger partial charge >= 0.3 is 5.97 Å². The molecule has 1 aliphatic heterocycles. The van der Waals surface area contributed by atoms with Crippen molar-refractivity contribution in [2.75, 3.05) is 20.2 Å². The van der Waals surface area contributed by atoms with Crippen molar-refractivity contribution in [1.29, 1.82) is 0 Å².